The van der Waals surface area contributed by atoms with Gasteiger partial charge in [0.15, 0.2) is 0 Å². The molecule has 0 radical (unpaired) electrons. The first-order chi connectivity index (χ1) is 11.5. The van der Waals surface area contributed by atoms with Crippen molar-refractivity contribution in [1.82, 2.24) is 5.32 Å². The Kier molecular flexibility index (Phi) is 5.78. The van der Waals surface area contributed by atoms with E-state index in [1.807, 2.05) is 0 Å². The molecule has 6 nitrogen and oxygen atoms in total. The van der Waals surface area contributed by atoms with Gasteiger partial charge in [-0.2, -0.15) is 0 Å². The van der Waals surface area contributed by atoms with Crippen molar-refractivity contribution in [1.29, 1.82) is 0 Å². The van der Waals surface area contributed by atoms with E-state index in [1.54, 1.807) is 55.6 Å². The van der Waals surface area contributed by atoms with Crippen LogP contribution in [0.15, 0.2) is 48.5 Å². The lowest BCUT2D eigenvalue weighted by Crippen LogP contribution is -2.34. The smallest absolute Gasteiger partial charge is 0.251 e. The Balaban J connectivity index is 2.17. The minimum Gasteiger partial charge on any atom is -0.550 e. The lowest BCUT2D eigenvalue weighted by atomic mass is 10.0. The van der Waals surface area contributed by atoms with E-state index >= 15 is 0 Å². The number of hydrogen-bond acceptors (Lipinski definition) is 5. The second-order valence-electron chi connectivity index (χ2n) is 5.10. The third-order valence-corrected chi connectivity index (χ3v) is 3.55. The first-order valence-electron chi connectivity index (χ1n) is 7.32. The Morgan fingerprint density at radius 3 is 1.92 bits per heavy atom. The van der Waals surface area contributed by atoms with Gasteiger partial charge in [-0.15, -0.1) is 0 Å². The summed E-state index contributed by atoms with van der Waals surface area (Å²) in [6.07, 6.45) is -0.325. The Bertz CT molecular complexity index is 694. The second-order valence-corrected chi connectivity index (χ2v) is 5.10. The highest BCUT2D eigenvalue weighted by Crippen LogP contribution is 2.21. The van der Waals surface area contributed by atoms with Crippen LogP contribution in [0.2, 0.25) is 0 Å². The minimum absolute atomic E-state index is 0.325. The molecule has 2 rings (SSSR count). The van der Waals surface area contributed by atoms with E-state index in [9.17, 15) is 14.7 Å². The Morgan fingerprint density at radius 1 is 0.958 bits per heavy atom. The van der Waals surface area contributed by atoms with Gasteiger partial charge in [0.1, 0.15) is 11.5 Å². The first-order valence-corrected chi connectivity index (χ1v) is 7.32. The Hall–Kier alpha value is -3.02. The zero-order valence-electron chi connectivity index (χ0n) is 13.4. The normalized spacial score (nSPS) is 11.4. The highest BCUT2D eigenvalue weighted by Gasteiger charge is 2.16. The first kappa shape index (κ1) is 17.3. The maximum absolute atomic E-state index is 12.3. The van der Waals surface area contributed by atoms with E-state index in [0.717, 1.165) is 0 Å². The number of carbonyl (C=O) groups is 2. The number of benzene rings is 2. The van der Waals surface area contributed by atoms with E-state index in [-0.39, 0.29) is 12.3 Å². The second kappa shape index (κ2) is 8.01. The highest BCUT2D eigenvalue weighted by atomic mass is 16.5. The summed E-state index contributed by atoms with van der Waals surface area (Å²) in [4.78, 5) is 23.3. The Morgan fingerprint density at radius 2 is 1.46 bits per heavy atom. The molecule has 0 bridgehead atoms. The van der Waals surface area contributed by atoms with Crippen LogP contribution in [0.5, 0.6) is 11.5 Å². The van der Waals surface area contributed by atoms with E-state index in [4.69, 9.17) is 9.47 Å². The van der Waals surface area contributed by atoms with E-state index in [0.29, 0.717) is 22.6 Å². The van der Waals surface area contributed by atoms with Crippen molar-refractivity contribution in [3.05, 3.63) is 59.7 Å². The monoisotopic (exact) mass is 328 g/mol. The van der Waals surface area contributed by atoms with Gasteiger partial charge < -0.3 is 24.7 Å². The maximum atomic E-state index is 12.3. The average molecular weight is 328 g/mol. The van der Waals surface area contributed by atoms with Gasteiger partial charge >= 0.3 is 0 Å². The molecule has 24 heavy (non-hydrogen) atoms. The summed E-state index contributed by atoms with van der Waals surface area (Å²) < 4.78 is 10.1. The minimum atomic E-state index is -1.24. The lowest BCUT2D eigenvalue weighted by Gasteiger charge is -2.20. The van der Waals surface area contributed by atoms with Gasteiger partial charge in [-0.25, -0.2) is 0 Å². The van der Waals surface area contributed by atoms with Crippen LogP contribution in [0.4, 0.5) is 0 Å². The van der Waals surface area contributed by atoms with Crippen LogP contribution in [-0.2, 0) is 4.79 Å². The van der Waals surface area contributed by atoms with Crippen LogP contribution in [0.25, 0.3) is 0 Å². The predicted molar refractivity (Wildman–Crippen MR) is 85.8 cm³/mol. The number of rotatable bonds is 7. The zero-order valence-corrected chi connectivity index (χ0v) is 13.4. The predicted octanol–water partition coefficient (Wildman–Crippen LogP) is 1.31. The molecule has 0 saturated heterocycles. The molecular weight excluding hydrogens is 310 g/mol. The van der Waals surface area contributed by atoms with Gasteiger partial charge in [0.25, 0.3) is 5.91 Å². The standard InChI is InChI=1S/C18H19NO5/c1-23-14-7-3-12(4-8-14)16(11-17(20)21)19-18(22)13-5-9-15(24-2)10-6-13/h3-10,16H,11H2,1-2H3,(H,19,22)(H,20,21)/p-1/t16-/m0/s1. The molecule has 0 unspecified atom stereocenters. The fourth-order valence-corrected chi connectivity index (χ4v) is 2.24. The van der Waals surface area contributed by atoms with Crippen molar-refractivity contribution in [3.8, 4) is 11.5 Å². The number of amides is 1. The zero-order chi connectivity index (χ0) is 17.5. The molecule has 0 aromatic heterocycles. The van der Waals surface area contributed by atoms with Gasteiger partial charge in [0, 0.05) is 18.0 Å². The summed E-state index contributed by atoms with van der Waals surface area (Å²) in [6.45, 7) is 0. The molecule has 6 heteroatoms. The van der Waals surface area contributed by atoms with E-state index < -0.39 is 12.0 Å². The van der Waals surface area contributed by atoms with Gasteiger partial charge in [0.2, 0.25) is 0 Å². The summed E-state index contributed by atoms with van der Waals surface area (Å²) in [7, 11) is 3.08. The number of carbonyl (C=O) groups excluding carboxylic acids is 2. The van der Waals surface area contributed by atoms with Gasteiger partial charge in [0.05, 0.1) is 20.3 Å². The topological polar surface area (TPSA) is 87.7 Å². The van der Waals surface area contributed by atoms with Gasteiger partial charge in [-0.3, -0.25) is 4.79 Å². The lowest BCUT2D eigenvalue weighted by molar-refractivity contribution is -0.306. The number of nitrogens with one attached hydrogen (secondary N) is 1. The largest absolute Gasteiger partial charge is 0.550 e. The van der Waals surface area contributed by atoms with Gasteiger partial charge in [-0.1, -0.05) is 12.1 Å². The number of aliphatic carboxylic acids is 1. The molecule has 126 valence electrons. The number of carboxylic acid groups (broad SMARTS) is 1. The maximum Gasteiger partial charge on any atom is 0.251 e. The van der Waals surface area contributed by atoms with Crippen LogP contribution in [0, 0.1) is 0 Å². The number of ether oxygens (including phenoxy) is 2. The summed E-state index contributed by atoms with van der Waals surface area (Å²) in [6, 6.07) is 12.7. The average Bonchev–Trinajstić information content (AvgIpc) is 2.61. The van der Waals surface area contributed by atoms with Crippen molar-refractivity contribution >= 4 is 11.9 Å². The molecule has 1 amide bonds. The fraction of sp³-hybridized carbons (Fsp3) is 0.222. The molecule has 1 N–H and O–H groups in total. The molecule has 0 heterocycles. The third kappa shape index (κ3) is 4.49. The molecule has 0 aliphatic rings. The molecule has 1 atom stereocenters. The van der Waals surface area contributed by atoms with Crippen LogP contribution in [-0.4, -0.2) is 26.1 Å². The quantitative estimate of drug-likeness (QED) is 0.828. The number of carboxylic acids is 1. The molecule has 0 fully saturated rings. The molecule has 0 aliphatic heterocycles. The highest BCUT2D eigenvalue weighted by molar-refractivity contribution is 5.94. The van der Waals surface area contributed by atoms with E-state index in [1.165, 1.54) is 7.11 Å². The molecule has 0 saturated carbocycles. The summed E-state index contributed by atoms with van der Waals surface area (Å²) >= 11 is 0. The van der Waals surface area contributed by atoms with Crippen molar-refractivity contribution in [2.75, 3.05) is 14.2 Å². The molecule has 0 aliphatic carbocycles. The molecule has 2 aromatic carbocycles. The van der Waals surface area contributed by atoms with Crippen molar-refractivity contribution in [2.24, 2.45) is 0 Å². The van der Waals surface area contributed by atoms with Crippen LogP contribution in [0.3, 0.4) is 0 Å². The molecular formula is C18H18NO5-. The van der Waals surface area contributed by atoms with Crippen molar-refractivity contribution < 1.29 is 24.2 Å². The third-order valence-electron chi connectivity index (χ3n) is 3.55. The number of methoxy groups -OCH3 is 2. The van der Waals surface area contributed by atoms with Crippen LogP contribution < -0.4 is 19.9 Å². The summed E-state index contributed by atoms with van der Waals surface area (Å²) in [5.74, 6) is -0.342. The SMILES string of the molecule is COc1ccc(C(=O)N[C@@H](CC(=O)[O-])c2ccc(OC)cc2)cc1. The summed E-state index contributed by atoms with van der Waals surface area (Å²) in [5, 5.41) is 13.7. The Labute approximate surface area is 140 Å². The van der Waals surface area contributed by atoms with Gasteiger partial charge in [-0.05, 0) is 42.0 Å². The van der Waals surface area contributed by atoms with Crippen LogP contribution >= 0.6 is 0 Å². The number of hydrogen-bond donors (Lipinski definition) is 1. The van der Waals surface area contributed by atoms with E-state index in [2.05, 4.69) is 5.32 Å². The fourth-order valence-electron chi connectivity index (χ4n) is 2.24. The summed E-state index contributed by atoms with van der Waals surface area (Å²) in [5.41, 5.74) is 1.06. The van der Waals surface area contributed by atoms with Crippen molar-refractivity contribution in [3.63, 3.8) is 0 Å². The van der Waals surface area contributed by atoms with Crippen molar-refractivity contribution in [2.45, 2.75) is 12.5 Å². The molecule has 0 spiro atoms. The van der Waals surface area contributed by atoms with Crippen LogP contribution in [0.1, 0.15) is 28.4 Å². The molecule has 2 aromatic rings.